The molecule has 0 saturated carbocycles. The summed E-state index contributed by atoms with van der Waals surface area (Å²) in [7, 11) is -3.75. The number of amides is 1. The molecule has 3 aromatic rings. The minimum atomic E-state index is -3.75. The van der Waals surface area contributed by atoms with Gasteiger partial charge in [0.2, 0.25) is 21.5 Å². The van der Waals surface area contributed by atoms with Gasteiger partial charge < -0.3 is 10.3 Å². The molecule has 0 unspecified atom stereocenters. The van der Waals surface area contributed by atoms with Crippen LogP contribution in [0.3, 0.4) is 0 Å². The van der Waals surface area contributed by atoms with Crippen molar-refractivity contribution < 1.29 is 13.2 Å². The van der Waals surface area contributed by atoms with Crippen LogP contribution in [0.2, 0.25) is 0 Å². The Morgan fingerprint density at radius 2 is 2.10 bits per heavy atom. The number of fused-ring (bicyclic) bond motifs is 1. The van der Waals surface area contributed by atoms with E-state index in [0.29, 0.717) is 36.8 Å². The lowest BCUT2D eigenvalue weighted by Gasteiger charge is -2.31. The van der Waals surface area contributed by atoms with E-state index in [1.165, 1.54) is 16.4 Å². The first-order valence-electron chi connectivity index (χ1n) is 9.73. The molecule has 3 heterocycles. The van der Waals surface area contributed by atoms with Crippen LogP contribution < -0.4 is 10.9 Å². The summed E-state index contributed by atoms with van der Waals surface area (Å²) >= 11 is 0. The van der Waals surface area contributed by atoms with E-state index < -0.39 is 15.9 Å². The molecule has 0 bridgehead atoms. The topological polar surface area (TPSA) is 112 Å². The van der Waals surface area contributed by atoms with Crippen molar-refractivity contribution in [3.05, 3.63) is 70.8 Å². The highest BCUT2D eigenvalue weighted by molar-refractivity contribution is 7.89. The number of carbonyl (C=O) groups excluding carboxylic acids is 1. The van der Waals surface area contributed by atoms with Gasteiger partial charge in [0.1, 0.15) is 0 Å². The SMILES string of the molecule is O=C(NCc1cccnc1)[C@@H]1CCCN(S(=O)(=O)c2ccc3[nH]c(=O)ccc3c2)C1. The molecular weight excluding hydrogens is 404 g/mol. The Labute approximate surface area is 174 Å². The number of sulfonamides is 1. The third-order valence-corrected chi connectivity index (χ3v) is 7.14. The second-order valence-electron chi connectivity index (χ2n) is 7.35. The zero-order valence-corrected chi connectivity index (χ0v) is 17.1. The summed E-state index contributed by atoms with van der Waals surface area (Å²) in [6.45, 7) is 0.877. The summed E-state index contributed by atoms with van der Waals surface area (Å²) in [6, 6.07) is 11.3. The number of aromatic nitrogens is 2. The van der Waals surface area contributed by atoms with Crippen LogP contribution in [0, 0.1) is 5.92 Å². The summed E-state index contributed by atoms with van der Waals surface area (Å²) in [5.74, 6) is -0.558. The monoisotopic (exact) mass is 426 g/mol. The van der Waals surface area contributed by atoms with Gasteiger partial charge in [-0.2, -0.15) is 4.31 Å². The molecule has 1 amide bonds. The van der Waals surface area contributed by atoms with Crippen molar-refractivity contribution in [2.24, 2.45) is 5.92 Å². The van der Waals surface area contributed by atoms with E-state index in [1.54, 1.807) is 36.7 Å². The molecule has 1 aliphatic heterocycles. The number of hydrogen-bond acceptors (Lipinski definition) is 5. The van der Waals surface area contributed by atoms with Crippen LogP contribution in [0.25, 0.3) is 10.9 Å². The minimum absolute atomic E-state index is 0.144. The Balaban J connectivity index is 1.48. The number of pyridine rings is 2. The molecule has 2 N–H and O–H groups in total. The van der Waals surface area contributed by atoms with Gasteiger partial charge in [0, 0.05) is 43.6 Å². The van der Waals surface area contributed by atoms with Crippen molar-refractivity contribution in [3.63, 3.8) is 0 Å². The highest BCUT2D eigenvalue weighted by atomic mass is 32.2. The molecule has 1 aromatic carbocycles. The molecular formula is C21H22N4O4S. The molecule has 0 radical (unpaired) electrons. The third-order valence-electron chi connectivity index (χ3n) is 5.28. The molecule has 0 aliphatic carbocycles. The summed E-state index contributed by atoms with van der Waals surface area (Å²) in [5, 5.41) is 3.51. The van der Waals surface area contributed by atoms with Crippen molar-refractivity contribution in [1.29, 1.82) is 0 Å². The highest BCUT2D eigenvalue weighted by Gasteiger charge is 2.33. The number of hydrogen-bond donors (Lipinski definition) is 2. The third kappa shape index (κ3) is 4.27. The summed E-state index contributed by atoms with van der Waals surface area (Å²) in [4.78, 5) is 30.9. The first-order valence-corrected chi connectivity index (χ1v) is 11.2. The maximum absolute atomic E-state index is 13.2. The van der Waals surface area contributed by atoms with Gasteiger partial charge >= 0.3 is 0 Å². The molecule has 1 fully saturated rings. The number of nitrogens with one attached hydrogen (secondary N) is 2. The van der Waals surface area contributed by atoms with E-state index in [4.69, 9.17) is 0 Å². The van der Waals surface area contributed by atoms with Crippen LogP contribution in [-0.2, 0) is 21.4 Å². The van der Waals surface area contributed by atoms with Crippen LogP contribution in [0.4, 0.5) is 0 Å². The first kappa shape index (κ1) is 20.2. The Kier molecular flexibility index (Phi) is 5.65. The number of H-pyrrole nitrogens is 1. The molecule has 9 heteroatoms. The molecule has 1 aliphatic rings. The minimum Gasteiger partial charge on any atom is -0.352 e. The summed E-state index contributed by atoms with van der Waals surface area (Å²) < 4.78 is 27.7. The second-order valence-corrected chi connectivity index (χ2v) is 9.29. The van der Waals surface area contributed by atoms with Gasteiger partial charge in [0.05, 0.1) is 10.8 Å². The Hall–Kier alpha value is -3.04. The molecule has 4 rings (SSSR count). The molecule has 1 saturated heterocycles. The maximum Gasteiger partial charge on any atom is 0.248 e. The predicted molar refractivity (Wildman–Crippen MR) is 112 cm³/mol. The lowest BCUT2D eigenvalue weighted by molar-refractivity contribution is -0.126. The predicted octanol–water partition coefficient (Wildman–Crippen LogP) is 1.64. The number of piperidine rings is 1. The second kappa shape index (κ2) is 8.37. The number of aromatic amines is 1. The zero-order valence-electron chi connectivity index (χ0n) is 16.2. The summed E-state index contributed by atoms with van der Waals surface area (Å²) in [5.41, 5.74) is 1.22. The fourth-order valence-electron chi connectivity index (χ4n) is 3.65. The van der Waals surface area contributed by atoms with E-state index in [1.807, 2.05) is 6.07 Å². The van der Waals surface area contributed by atoms with Crippen molar-refractivity contribution >= 4 is 26.8 Å². The van der Waals surface area contributed by atoms with Crippen LogP contribution in [-0.4, -0.2) is 41.7 Å². The van der Waals surface area contributed by atoms with Gasteiger partial charge in [-0.25, -0.2) is 8.42 Å². The average Bonchev–Trinajstić information content (AvgIpc) is 2.77. The fourth-order valence-corrected chi connectivity index (χ4v) is 5.21. The van der Waals surface area contributed by atoms with Crippen LogP contribution in [0.5, 0.6) is 0 Å². The molecule has 156 valence electrons. The lowest BCUT2D eigenvalue weighted by atomic mass is 9.99. The van der Waals surface area contributed by atoms with E-state index in [0.717, 1.165) is 5.56 Å². The van der Waals surface area contributed by atoms with Crippen molar-refractivity contribution in [1.82, 2.24) is 19.6 Å². The number of benzene rings is 1. The average molecular weight is 426 g/mol. The largest absolute Gasteiger partial charge is 0.352 e. The Bertz CT molecular complexity index is 1220. The van der Waals surface area contributed by atoms with Crippen molar-refractivity contribution in [2.45, 2.75) is 24.3 Å². The van der Waals surface area contributed by atoms with Crippen LogP contribution >= 0.6 is 0 Å². The molecule has 0 spiro atoms. The smallest absolute Gasteiger partial charge is 0.248 e. The molecule has 8 nitrogen and oxygen atoms in total. The standard InChI is InChI=1S/C21H22N4O4S/c26-20-8-5-16-11-18(6-7-19(16)24-20)30(28,29)25-10-2-4-17(14-25)21(27)23-13-15-3-1-9-22-12-15/h1,3,5-9,11-12,17H,2,4,10,13-14H2,(H,23,27)(H,24,26)/t17-/m1/s1. The van der Waals surface area contributed by atoms with Gasteiger partial charge in [0.25, 0.3) is 0 Å². The summed E-state index contributed by atoms with van der Waals surface area (Å²) in [6.07, 6.45) is 4.61. The number of carbonyl (C=O) groups is 1. The molecule has 30 heavy (non-hydrogen) atoms. The Morgan fingerprint density at radius 1 is 1.23 bits per heavy atom. The molecule has 1 atom stereocenters. The van der Waals surface area contributed by atoms with E-state index in [9.17, 15) is 18.0 Å². The van der Waals surface area contributed by atoms with Gasteiger partial charge in [-0.15, -0.1) is 0 Å². The van der Waals surface area contributed by atoms with Gasteiger partial charge in [0.15, 0.2) is 0 Å². The maximum atomic E-state index is 13.2. The normalized spacial score (nSPS) is 17.7. The van der Waals surface area contributed by atoms with Gasteiger partial charge in [-0.1, -0.05) is 6.07 Å². The lowest BCUT2D eigenvalue weighted by Crippen LogP contribution is -2.45. The van der Waals surface area contributed by atoms with Gasteiger partial charge in [-0.05, 0) is 54.1 Å². The van der Waals surface area contributed by atoms with Crippen LogP contribution in [0.1, 0.15) is 18.4 Å². The Morgan fingerprint density at radius 3 is 2.90 bits per heavy atom. The molecule has 2 aromatic heterocycles. The van der Waals surface area contributed by atoms with Crippen LogP contribution in [0.15, 0.2) is 64.5 Å². The fraction of sp³-hybridized carbons (Fsp3) is 0.286. The van der Waals surface area contributed by atoms with Crippen molar-refractivity contribution in [3.8, 4) is 0 Å². The van der Waals surface area contributed by atoms with E-state index in [-0.39, 0.29) is 22.9 Å². The number of nitrogens with zero attached hydrogens (tertiary/aromatic N) is 2. The van der Waals surface area contributed by atoms with E-state index >= 15 is 0 Å². The zero-order chi connectivity index (χ0) is 21.1. The highest BCUT2D eigenvalue weighted by Crippen LogP contribution is 2.25. The first-order chi connectivity index (χ1) is 14.4. The van der Waals surface area contributed by atoms with E-state index in [2.05, 4.69) is 15.3 Å². The van der Waals surface area contributed by atoms with Crippen molar-refractivity contribution in [2.75, 3.05) is 13.1 Å². The quantitative estimate of drug-likeness (QED) is 0.644. The van der Waals surface area contributed by atoms with Gasteiger partial charge in [-0.3, -0.25) is 14.6 Å². The number of rotatable bonds is 5.